The summed E-state index contributed by atoms with van der Waals surface area (Å²) in [4.78, 5) is 0. The number of phenolic OH excluding ortho intramolecular Hbond substituents is 1. The highest BCUT2D eigenvalue weighted by Gasteiger charge is 2.22. The van der Waals surface area contributed by atoms with Crippen LogP contribution in [0, 0.1) is 5.82 Å². The quantitative estimate of drug-likeness (QED) is 0.505. The predicted octanol–water partition coefficient (Wildman–Crippen LogP) is 1.38. The van der Waals surface area contributed by atoms with Crippen LogP contribution in [-0.2, 0) is 0 Å². The molecule has 0 aliphatic rings. The highest BCUT2D eigenvalue weighted by atomic mass is 19.3. The highest BCUT2D eigenvalue weighted by molar-refractivity contribution is 5.57. The van der Waals surface area contributed by atoms with Gasteiger partial charge in [-0.15, -0.1) is 0 Å². The molecule has 0 unspecified atom stereocenters. The Balaban J connectivity index is 3.20. The summed E-state index contributed by atoms with van der Waals surface area (Å²) in [6.45, 7) is 0. The van der Waals surface area contributed by atoms with Crippen LogP contribution >= 0.6 is 0 Å². The Morgan fingerprint density at radius 1 is 1.29 bits per heavy atom. The number of hydrogen-bond acceptors (Lipinski definition) is 3. The molecule has 1 rings (SSSR count). The van der Waals surface area contributed by atoms with E-state index in [1.165, 1.54) is 0 Å². The van der Waals surface area contributed by atoms with E-state index >= 15 is 0 Å². The summed E-state index contributed by atoms with van der Waals surface area (Å²) in [5.74, 6) is -1.41. The van der Waals surface area contributed by atoms with Crippen molar-refractivity contribution in [2.45, 2.75) is 12.5 Å². The van der Waals surface area contributed by atoms with E-state index in [0.717, 1.165) is 12.1 Å². The fourth-order valence-electron chi connectivity index (χ4n) is 1.03. The number of alkyl halides is 2. The molecule has 0 amide bonds. The largest absolute Gasteiger partial charge is 0.505 e. The molecule has 5 N–H and O–H groups in total. The molecule has 0 saturated carbocycles. The van der Waals surface area contributed by atoms with Gasteiger partial charge in [-0.3, -0.25) is 0 Å². The minimum atomic E-state index is -2.89. The maximum Gasteiger partial charge on any atom is 0.257 e. The lowest BCUT2D eigenvalue weighted by atomic mass is 10.1. The van der Waals surface area contributed by atoms with Gasteiger partial charge in [-0.1, -0.05) is 0 Å². The molecule has 0 heterocycles. The molecule has 14 heavy (non-hydrogen) atoms. The Morgan fingerprint density at radius 2 is 1.86 bits per heavy atom. The van der Waals surface area contributed by atoms with Crippen molar-refractivity contribution in [2.75, 3.05) is 5.73 Å². The molecule has 0 aliphatic carbocycles. The first kappa shape index (κ1) is 10.6. The Hall–Kier alpha value is -1.43. The summed E-state index contributed by atoms with van der Waals surface area (Å²) in [6, 6.07) is -0.174. The van der Waals surface area contributed by atoms with Gasteiger partial charge in [-0.25, -0.2) is 13.2 Å². The molecule has 6 heteroatoms. The van der Waals surface area contributed by atoms with Crippen LogP contribution < -0.4 is 11.5 Å². The van der Waals surface area contributed by atoms with E-state index in [-0.39, 0.29) is 5.69 Å². The number of halogens is 3. The lowest BCUT2D eigenvalue weighted by Crippen LogP contribution is -2.19. The molecular formula is C8H9F3N2O. The van der Waals surface area contributed by atoms with Crippen molar-refractivity contribution in [3.8, 4) is 5.75 Å². The van der Waals surface area contributed by atoms with E-state index in [4.69, 9.17) is 11.5 Å². The van der Waals surface area contributed by atoms with Crippen LogP contribution in [0.5, 0.6) is 5.75 Å². The summed E-state index contributed by atoms with van der Waals surface area (Å²) < 4.78 is 37.1. The normalized spacial score (nSPS) is 13.2. The average molecular weight is 206 g/mol. The Labute approximate surface area is 78.1 Å². The van der Waals surface area contributed by atoms with Gasteiger partial charge < -0.3 is 16.6 Å². The van der Waals surface area contributed by atoms with Crippen LogP contribution in [-0.4, -0.2) is 11.5 Å². The number of nitrogens with two attached hydrogens (primary N) is 2. The standard InChI is InChI=1S/C8H9F3N2O/c9-3-1-4(6(13)8(10)11)7(14)5(12)2-3/h1-2,6,8,14H,12-13H2/t6-/m0/s1. The van der Waals surface area contributed by atoms with Crippen molar-refractivity contribution in [1.82, 2.24) is 0 Å². The zero-order chi connectivity index (χ0) is 10.9. The summed E-state index contributed by atoms with van der Waals surface area (Å²) >= 11 is 0. The molecule has 0 spiro atoms. The molecule has 3 nitrogen and oxygen atoms in total. The lowest BCUT2D eigenvalue weighted by molar-refractivity contribution is 0.115. The first-order valence-corrected chi connectivity index (χ1v) is 3.75. The van der Waals surface area contributed by atoms with E-state index in [1.807, 2.05) is 0 Å². The molecule has 0 radical (unpaired) electrons. The van der Waals surface area contributed by atoms with Gasteiger partial charge in [-0.05, 0) is 6.07 Å². The molecule has 0 aliphatic heterocycles. The second-order valence-electron chi connectivity index (χ2n) is 2.79. The highest BCUT2D eigenvalue weighted by Crippen LogP contribution is 2.32. The van der Waals surface area contributed by atoms with E-state index in [2.05, 4.69) is 0 Å². The predicted molar refractivity (Wildman–Crippen MR) is 45.4 cm³/mol. The zero-order valence-electron chi connectivity index (χ0n) is 7.05. The smallest absolute Gasteiger partial charge is 0.257 e. The van der Waals surface area contributed by atoms with E-state index in [0.29, 0.717) is 0 Å². The van der Waals surface area contributed by atoms with Crippen molar-refractivity contribution in [3.63, 3.8) is 0 Å². The third kappa shape index (κ3) is 1.90. The van der Waals surface area contributed by atoms with Gasteiger partial charge in [0.25, 0.3) is 6.43 Å². The topological polar surface area (TPSA) is 72.3 Å². The van der Waals surface area contributed by atoms with Crippen molar-refractivity contribution in [2.24, 2.45) is 5.73 Å². The zero-order valence-corrected chi connectivity index (χ0v) is 7.05. The number of phenols is 1. The fraction of sp³-hybridized carbons (Fsp3) is 0.250. The third-order valence-electron chi connectivity index (χ3n) is 1.76. The SMILES string of the molecule is Nc1cc(F)cc([C@H](N)C(F)F)c1O. The van der Waals surface area contributed by atoms with E-state index in [9.17, 15) is 18.3 Å². The molecule has 1 atom stereocenters. The lowest BCUT2D eigenvalue weighted by Gasteiger charge is -2.13. The Morgan fingerprint density at radius 3 is 2.36 bits per heavy atom. The number of nitrogen functional groups attached to an aromatic ring is 1. The number of aromatic hydroxyl groups is 1. The van der Waals surface area contributed by atoms with E-state index in [1.54, 1.807) is 0 Å². The van der Waals surface area contributed by atoms with Gasteiger partial charge in [0, 0.05) is 11.6 Å². The van der Waals surface area contributed by atoms with E-state index < -0.39 is 29.6 Å². The average Bonchev–Trinajstić information content (AvgIpc) is 2.09. The van der Waals surface area contributed by atoms with Gasteiger partial charge >= 0.3 is 0 Å². The number of anilines is 1. The Bertz CT molecular complexity index is 344. The molecule has 0 aromatic heterocycles. The molecule has 1 aromatic carbocycles. The molecule has 1 aromatic rings. The third-order valence-corrected chi connectivity index (χ3v) is 1.76. The summed E-state index contributed by atoms with van der Waals surface area (Å²) in [7, 11) is 0. The van der Waals surface area contributed by atoms with Gasteiger partial charge in [-0.2, -0.15) is 0 Å². The van der Waals surface area contributed by atoms with Gasteiger partial charge in [0.05, 0.1) is 11.7 Å². The summed E-state index contributed by atoms with van der Waals surface area (Å²) in [5, 5.41) is 9.24. The van der Waals surface area contributed by atoms with Gasteiger partial charge in [0.2, 0.25) is 0 Å². The number of rotatable bonds is 2. The summed E-state index contributed by atoms with van der Waals surface area (Å²) in [5.41, 5.74) is 9.51. The molecule has 78 valence electrons. The molecular weight excluding hydrogens is 197 g/mol. The molecule has 0 saturated heterocycles. The van der Waals surface area contributed by atoms with Crippen LogP contribution in [0.4, 0.5) is 18.9 Å². The van der Waals surface area contributed by atoms with Crippen LogP contribution in [0.3, 0.4) is 0 Å². The van der Waals surface area contributed by atoms with Crippen LogP contribution in [0.25, 0.3) is 0 Å². The van der Waals surface area contributed by atoms with Crippen molar-refractivity contribution in [3.05, 3.63) is 23.5 Å². The fourth-order valence-corrected chi connectivity index (χ4v) is 1.03. The maximum atomic E-state index is 12.7. The first-order chi connectivity index (χ1) is 6.43. The number of hydrogen-bond donors (Lipinski definition) is 3. The minimum absolute atomic E-state index is 0.309. The van der Waals surface area contributed by atoms with Crippen LogP contribution in [0.15, 0.2) is 12.1 Å². The monoisotopic (exact) mass is 206 g/mol. The van der Waals surface area contributed by atoms with Gasteiger partial charge in [0.1, 0.15) is 11.6 Å². The Kier molecular flexibility index (Phi) is 2.85. The van der Waals surface area contributed by atoms with Crippen LogP contribution in [0.2, 0.25) is 0 Å². The molecule has 0 bridgehead atoms. The van der Waals surface area contributed by atoms with Gasteiger partial charge in [0.15, 0.2) is 0 Å². The van der Waals surface area contributed by atoms with Crippen molar-refractivity contribution >= 4 is 5.69 Å². The summed E-state index contributed by atoms with van der Waals surface area (Å²) in [6.07, 6.45) is -2.89. The number of benzene rings is 1. The van der Waals surface area contributed by atoms with Crippen LogP contribution in [0.1, 0.15) is 11.6 Å². The van der Waals surface area contributed by atoms with Crippen molar-refractivity contribution < 1.29 is 18.3 Å². The second kappa shape index (κ2) is 3.75. The second-order valence-corrected chi connectivity index (χ2v) is 2.79. The molecule has 0 fully saturated rings. The van der Waals surface area contributed by atoms with Crippen molar-refractivity contribution in [1.29, 1.82) is 0 Å². The first-order valence-electron chi connectivity index (χ1n) is 3.75. The maximum absolute atomic E-state index is 12.7. The minimum Gasteiger partial charge on any atom is -0.505 e.